The van der Waals surface area contributed by atoms with E-state index in [4.69, 9.17) is 0 Å². The summed E-state index contributed by atoms with van der Waals surface area (Å²) >= 11 is 0. The molecule has 2 rings (SSSR count). The standard InChI is InChI=1S/C12H18N2/c1-9-3-4-12(14-10(9)2)7-11-5-6-13-8-11/h3-4,11,13H,5-8H2,1-2H3. The van der Waals surface area contributed by atoms with Crippen molar-refractivity contribution < 1.29 is 0 Å². The van der Waals surface area contributed by atoms with E-state index in [1.165, 1.54) is 29.9 Å². The number of pyridine rings is 1. The van der Waals surface area contributed by atoms with Crippen LogP contribution in [0.15, 0.2) is 12.1 Å². The van der Waals surface area contributed by atoms with Gasteiger partial charge in [0.15, 0.2) is 0 Å². The van der Waals surface area contributed by atoms with Crippen LogP contribution in [0.5, 0.6) is 0 Å². The van der Waals surface area contributed by atoms with Gasteiger partial charge in [-0.05, 0) is 57.3 Å². The number of hydrogen-bond acceptors (Lipinski definition) is 2. The summed E-state index contributed by atoms with van der Waals surface area (Å²) in [6, 6.07) is 4.35. The minimum atomic E-state index is 0.796. The van der Waals surface area contributed by atoms with E-state index in [1.807, 2.05) is 0 Å². The van der Waals surface area contributed by atoms with Crippen molar-refractivity contribution in [2.24, 2.45) is 5.92 Å². The fourth-order valence-electron chi connectivity index (χ4n) is 1.98. The van der Waals surface area contributed by atoms with Crippen LogP contribution in [0.4, 0.5) is 0 Å². The van der Waals surface area contributed by atoms with E-state index in [1.54, 1.807) is 0 Å². The molecule has 1 fully saturated rings. The molecule has 1 N–H and O–H groups in total. The van der Waals surface area contributed by atoms with E-state index >= 15 is 0 Å². The van der Waals surface area contributed by atoms with Crippen LogP contribution in [0.3, 0.4) is 0 Å². The van der Waals surface area contributed by atoms with Gasteiger partial charge in [0.05, 0.1) is 0 Å². The smallest absolute Gasteiger partial charge is 0.0410 e. The van der Waals surface area contributed by atoms with Gasteiger partial charge in [-0.3, -0.25) is 4.98 Å². The first kappa shape index (κ1) is 9.66. The van der Waals surface area contributed by atoms with Gasteiger partial charge in [-0.15, -0.1) is 0 Å². The van der Waals surface area contributed by atoms with Crippen LogP contribution < -0.4 is 5.32 Å². The highest BCUT2D eigenvalue weighted by molar-refractivity contribution is 5.20. The number of aryl methyl sites for hydroxylation is 2. The van der Waals surface area contributed by atoms with Gasteiger partial charge < -0.3 is 5.32 Å². The first-order valence-electron chi connectivity index (χ1n) is 5.39. The van der Waals surface area contributed by atoms with Crippen molar-refractivity contribution in [3.8, 4) is 0 Å². The molecule has 0 spiro atoms. The molecule has 0 aliphatic carbocycles. The highest BCUT2D eigenvalue weighted by Gasteiger charge is 2.15. The van der Waals surface area contributed by atoms with Gasteiger partial charge in [-0.1, -0.05) is 6.07 Å². The number of nitrogens with one attached hydrogen (secondary N) is 1. The molecular weight excluding hydrogens is 172 g/mol. The van der Waals surface area contributed by atoms with E-state index in [9.17, 15) is 0 Å². The Bertz CT molecular complexity index is 314. The molecule has 0 saturated carbocycles. The zero-order chi connectivity index (χ0) is 9.97. The normalized spacial score (nSPS) is 21.4. The molecule has 1 aliphatic heterocycles. The Kier molecular flexibility index (Phi) is 2.82. The fourth-order valence-corrected chi connectivity index (χ4v) is 1.98. The van der Waals surface area contributed by atoms with Crippen LogP contribution in [-0.2, 0) is 6.42 Å². The lowest BCUT2D eigenvalue weighted by Gasteiger charge is -2.08. The van der Waals surface area contributed by atoms with Crippen LogP contribution in [0, 0.1) is 19.8 Å². The molecule has 1 aliphatic rings. The predicted molar refractivity (Wildman–Crippen MR) is 58.4 cm³/mol. The molecule has 1 aromatic rings. The Labute approximate surface area is 85.7 Å². The summed E-state index contributed by atoms with van der Waals surface area (Å²) in [6.07, 6.45) is 2.43. The highest BCUT2D eigenvalue weighted by atomic mass is 14.9. The van der Waals surface area contributed by atoms with Gasteiger partial charge in [0, 0.05) is 11.4 Å². The van der Waals surface area contributed by atoms with Gasteiger partial charge in [0.25, 0.3) is 0 Å². The monoisotopic (exact) mass is 190 g/mol. The summed E-state index contributed by atoms with van der Waals surface area (Å²) in [5, 5.41) is 3.39. The molecule has 2 nitrogen and oxygen atoms in total. The molecule has 2 heteroatoms. The Morgan fingerprint density at radius 1 is 1.43 bits per heavy atom. The van der Waals surface area contributed by atoms with E-state index in [0.717, 1.165) is 18.9 Å². The second kappa shape index (κ2) is 4.09. The third-order valence-electron chi connectivity index (χ3n) is 3.07. The van der Waals surface area contributed by atoms with Crippen molar-refractivity contribution in [2.75, 3.05) is 13.1 Å². The van der Waals surface area contributed by atoms with Crippen LogP contribution in [0.25, 0.3) is 0 Å². The second-order valence-corrected chi connectivity index (χ2v) is 4.27. The SMILES string of the molecule is Cc1ccc(CC2CCNC2)nc1C. The molecule has 1 unspecified atom stereocenters. The third kappa shape index (κ3) is 2.13. The molecule has 14 heavy (non-hydrogen) atoms. The maximum absolute atomic E-state index is 4.61. The Morgan fingerprint density at radius 2 is 2.29 bits per heavy atom. The number of nitrogens with zero attached hydrogens (tertiary/aromatic N) is 1. The van der Waals surface area contributed by atoms with Crippen LogP contribution in [0.2, 0.25) is 0 Å². The van der Waals surface area contributed by atoms with Gasteiger partial charge in [-0.2, -0.15) is 0 Å². The Balaban J connectivity index is 2.05. The largest absolute Gasteiger partial charge is 0.316 e. The summed E-state index contributed by atoms with van der Waals surface area (Å²) in [7, 11) is 0. The molecule has 0 bridgehead atoms. The van der Waals surface area contributed by atoms with Crippen molar-refractivity contribution in [3.63, 3.8) is 0 Å². The molecular formula is C12H18N2. The fraction of sp³-hybridized carbons (Fsp3) is 0.583. The minimum absolute atomic E-state index is 0.796. The molecule has 1 aromatic heterocycles. The average molecular weight is 190 g/mol. The maximum atomic E-state index is 4.61. The van der Waals surface area contributed by atoms with Gasteiger partial charge in [0.1, 0.15) is 0 Å². The Morgan fingerprint density at radius 3 is 2.93 bits per heavy atom. The van der Waals surface area contributed by atoms with Crippen molar-refractivity contribution in [1.82, 2.24) is 10.3 Å². The number of hydrogen-bond donors (Lipinski definition) is 1. The zero-order valence-electron chi connectivity index (χ0n) is 9.01. The minimum Gasteiger partial charge on any atom is -0.316 e. The topological polar surface area (TPSA) is 24.9 Å². The Hall–Kier alpha value is -0.890. The summed E-state index contributed by atoms with van der Waals surface area (Å²) in [6.45, 7) is 6.54. The van der Waals surface area contributed by atoms with Gasteiger partial charge in [-0.25, -0.2) is 0 Å². The van der Waals surface area contributed by atoms with Crippen LogP contribution in [0.1, 0.15) is 23.4 Å². The molecule has 76 valence electrons. The lowest BCUT2D eigenvalue weighted by Crippen LogP contribution is -2.11. The summed E-state index contributed by atoms with van der Waals surface area (Å²) < 4.78 is 0. The quantitative estimate of drug-likeness (QED) is 0.770. The highest BCUT2D eigenvalue weighted by Crippen LogP contribution is 2.14. The van der Waals surface area contributed by atoms with Crippen LogP contribution >= 0.6 is 0 Å². The van der Waals surface area contributed by atoms with E-state index in [2.05, 4.69) is 36.3 Å². The number of rotatable bonds is 2. The maximum Gasteiger partial charge on any atom is 0.0410 e. The third-order valence-corrected chi connectivity index (χ3v) is 3.07. The molecule has 0 amide bonds. The average Bonchev–Trinajstić information content (AvgIpc) is 2.64. The van der Waals surface area contributed by atoms with Gasteiger partial charge >= 0.3 is 0 Å². The molecule has 0 radical (unpaired) electrons. The second-order valence-electron chi connectivity index (χ2n) is 4.27. The van der Waals surface area contributed by atoms with E-state index in [-0.39, 0.29) is 0 Å². The molecule has 2 heterocycles. The zero-order valence-corrected chi connectivity index (χ0v) is 9.01. The molecule has 1 saturated heterocycles. The summed E-state index contributed by atoms with van der Waals surface area (Å²) in [5.41, 5.74) is 3.72. The summed E-state index contributed by atoms with van der Waals surface area (Å²) in [4.78, 5) is 4.61. The van der Waals surface area contributed by atoms with Crippen molar-refractivity contribution in [3.05, 3.63) is 29.1 Å². The number of aromatic nitrogens is 1. The lowest BCUT2D eigenvalue weighted by atomic mass is 10.0. The first-order valence-corrected chi connectivity index (χ1v) is 5.39. The molecule has 0 aromatic carbocycles. The van der Waals surface area contributed by atoms with Crippen molar-refractivity contribution in [2.45, 2.75) is 26.7 Å². The molecule has 1 atom stereocenters. The lowest BCUT2D eigenvalue weighted by molar-refractivity contribution is 0.571. The summed E-state index contributed by atoms with van der Waals surface area (Å²) in [5.74, 6) is 0.796. The van der Waals surface area contributed by atoms with Gasteiger partial charge in [0.2, 0.25) is 0 Å². The van der Waals surface area contributed by atoms with Crippen molar-refractivity contribution in [1.29, 1.82) is 0 Å². The first-order chi connectivity index (χ1) is 6.75. The van der Waals surface area contributed by atoms with Crippen LogP contribution in [-0.4, -0.2) is 18.1 Å². The van der Waals surface area contributed by atoms with E-state index in [0.29, 0.717) is 0 Å². The van der Waals surface area contributed by atoms with E-state index < -0.39 is 0 Å². The van der Waals surface area contributed by atoms with Crippen molar-refractivity contribution >= 4 is 0 Å². The predicted octanol–water partition coefficient (Wildman–Crippen LogP) is 1.85.